The van der Waals surface area contributed by atoms with Gasteiger partial charge >= 0.3 is 0 Å². The van der Waals surface area contributed by atoms with E-state index in [1.165, 1.54) is 29.1 Å². The number of aromatic amines is 2. The van der Waals surface area contributed by atoms with Gasteiger partial charge in [-0.15, -0.1) is 0 Å². The van der Waals surface area contributed by atoms with E-state index in [9.17, 15) is 9.18 Å². The lowest BCUT2D eigenvalue weighted by Gasteiger charge is -2.31. The van der Waals surface area contributed by atoms with Crippen LogP contribution < -0.4 is 5.56 Å². The maximum atomic E-state index is 13.5. The lowest BCUT2D eigenvalue weighted by molar-refractivity contribution is 0.211. The van der Waals surface area contributed by atoms with Crippen molar-refractivity contribution in [3.05, 3.63) is 75.2 Å². The van der Waals surface area contributed by atoms with Gasteiger partial charge in [-0.2, -0.15) is 0 Å². The molecule has 1 aliphatic rings. The van der Waals surface area contributed by atoms with E-state index in [-0.39, 0.29) is 17.3 Å². The van der Waals surface area contributed by atoms with E-state index < -0.39 is 0 Å². The Balaban J connectivity index is 1.24. The van der Waals surface area contributed by atoms with Crippen LogP contribution in [0, 0.1) is 5.82 Å². The summed E-state index contributed by atoms with van der Waals surface area (Å²) < 4.78 is 13.5. The van der Waals surface area contributed by atoms with Crippen LogP contribution in [-0.2, 0) is 6.42 Å². The molecule has 1 saturated heterocycles. The average molecular weight is 425 g/mol. The van der Waals surface area contributed by atoms with E-state index in [0.717, 1.165) is 49.4 Å². The minimum Gasteiger partial charge on any atom is -0.361 e. The number of likely N-dealkylation sites (tertiary alicyclic amines) is 1. The fourth-order valence-electron chi connectivity index (χ4n) is 4.40. The molecule has 30 heavy (non-hydrogen) atoms. The van der Waals surface area contributed by atoms with Gasteiger partial charge in [0.25, 0.3) is 5.56 Å². The molecule has 7 heteroatoms. The first-order valence-electron chi connectivity index (χ1n) is 10.2. The first kappa shape index (κ1) is 19.3. The number of nitrogens with one attached hydrogen (secondary N) is 2. The first-order valence-corrected chi connectivity index (χ1v) is 10.6. The summed E-state index contributed by atoms with van der Waals surface area (Å²) in [6.07, 6.45) is 4.88. The zero-order chi connectivity index (χ0) is 20.7. The smallest absolute Gasteiger partial charge is 0.258 e. The second kappa shape index (κ2) is 7.85. The number of fused-ring (bicyclic) bond motifs is 2. The molecule has 5 rings (SSSR count). The molecule has 0 aliphatic carbocycles. The molecule has 2 N–H and O–H groups in total. The first-order chi connectivity index (χ1) is 14.6. The summed E-state index contributed by atoms with van der Waals surface area (Å²) in [5.41, 5.74) is 2.60. The summed E-state index contributed by atoms with van der Waals surface area (Å²) in [6.45, 7) is 2.88. The third-order valence-corrected chi connectivity index (χ3v) is 6.32. The van der Waals surface area contributed by atoms with Crippen LogP contribution in [0.15, 0.2) is 47.4 Å². The van der Waals surface area contributed by atoms with Crippen molar-refractivity contribution in [2.24, 2.45) is 0 Å². The highest BCUT2D eigenvalue weighted by Crippen LogP contribution is 2.27. The topological polar surface area (TPSA) is 64.8 Å². The van der Waals surface area contributed by atoms with Gasteiger partial charge in [0, 0.05) is 40.7 Å². The van der Waals surface area contributed by atoms with Gasteiger partial charge in [0.2, 0.25) is 0 Å². The molecule has 2 aromatic carbocycles. The predicted octanol–water partition coefficient (Wildman–Crippen LogP) is 4.62. The highest BCUT2D eigenvalue weighted by molar-refractivity contribution is 6.31. The number of nitrogens with zero attached hydrogens (tertiary/aromatic N) is 2. The van der Waals surface area contributed by atoms with Gasteiger partial charge in [-0.3, -0.25) is 4.79 Å². The molecule has 0 radical (unpaired) electrons. The van der Waals surface area contributed by atoms with E-state index in [0.29, 0.717) is 16.7 Å². The monoisotopic (exact) mass is 424 g/mol. The fraction of sp³-hybridized carbons (Fsp3) is 0.304. The summed E-state index contributed by atoms with van der Waals surface area (Å²) in [5.74, 6) is 0.490. The molecule has 5 nitrogen and oxygen atoms in total. The van der Waals surface area contributed by atoms with Crippen molar-refractivity contribution >= 4 is 33.4 Å². The van der Waals surface area contributed by atoms with Gasteiger partial charge < -0.3 is 14.9 Å². The summed E-state index contributed by atoms with van der Waals surface area (Å²) in [5, 5.41) is 2.39. The molecule has 0 spiro atoms. The van der Waals surface area contributed by atoms with Crippen molar-refractivity contribution in [1.82, 2.24) is 19.9 Å². The minimum atomic E-state index is -0.374. The zero-order valence-corrected chi connectivity index (χ0v) is 17.2. The molecule has 2 aromatic heterocycles. The lowest BCUT2D eigenvalue weighted by Crippen LogP contribution is -2.35. The van der Waals surface area contributed by atoms with Crippen LogP contribution >= 0.6 is 11.6 Å². The third kappa shape index (κ3) is 3.73. The SMILES string of the molecule is O=c1[nH]c(C2CCN(CCc3c[nH]c4cc(Cl)ccc34)CC2)nc2cc(F)ccc12. The van der Waals surface area contributed by atoms with Crippen LogP contribution in [0.1, 0.15) is 30.1 Å². The van der Waals surface area contributed by atoms with Gasteiger partial charge in [0.15, 0.2) is 0 Å². The molecular formula is C23H22ClFN4O. The van der Waals surface area contributed by atoms with Crippen LogP contribution in [-0.4, -0.2) is 39.5 Å². The molecular weight excluding hydrogens is 403 g/mol. The van der Waals surface area contributed by atoms with Gasteiger partial charge in [-0.1, -0.05) is 17.7 Å². The second-order valence-electron chi connectivity index (χ2n) is 7.98. The number of hydrogen-bond donors (Lipinski definition) is 2. The van der Waals surface area contributed by atoms with Gasteiger partial charge in [-0.25, -0.2) is 9.37 Å². The minimum absolute atomic E-state index is 0.192. The van der Waals surface area contributed by atoms with Crippen LogP contribution in [0.3, 0.4) is 0 Å². The Labute approximate surface area is 177 Å². The molecule has 0 unspecified atom stereocenters. The largest absolute Gasteiger partial charge is 0.361 e. The molecule has 154 valence electrons. The third-order valence-electron chi connectivity index (χ3n) is 6.09. The summed E-state index contributed by atoms with van der Waals surface area (Å²) in [4.78, 5) is 25.5. The normalized spacial score (nSPS) is 15.9. The Morgan fingerprint density at radius 2 is 1.93 bits per heavy atom. The molecule has 4 aromatic rings. The van der Waals surface area contributed by atoms with Crippen molar-refractivity contribution in [2.75, 3.05) is 19.6 Å². The Morgan fingerprint density at radius 1 is 1.13 bits per heavy atom. The Kier molecular flexibility index (Phi) is 5.05. The van der Waals surface area contributed by atoms with Crippen LogP contribution in [0.4, 0.5) is 4.39 Å². The Hall–Kier alpha value is -2.70. The fourth-order valence-corrected chi connectivity index (χ4v) is 4.57. The number of hydrogen-bond acceptors (Lipinski definition) is 3. The van der Waals surface area contributed by atoms with E-state index in [4.69, 9.17) is 11.6 Å². The van der Waals surface area contributed by atoms with Crippen molar-refractivity contribution in [2.45, 2.75) is 25.2 Å². The van der Waals surface area contributed by atoms with Crippen molar-refractivity contribution in [1.29, 1.82) is 0 Å². The highest BCUT2D eigenvalue weighted by Gasteiger charge is 2.23. The summed E-state index contributed by atoms with van der Waals surface area (Å²) in [6, 6.07) is 10.1. The number of piperidine rings is 1. The quantitative estimate of drug-likeness (QED) is 0.502. The van der Waals surface area contributed by atoms with Gasteiger partial charge in [0.05, 0.1) is 10.9 Å². The van der Waals surface area contributed by atoms with E-state index >= 15 is 0 Å². The molecule has 1 fully saturated rings. The average Bonchev–Trinajstić information content (AvgIpc) is 3.14. The molecule has 0 amide bonds. The lowest BCUT2D eigenvalue weighted by atomic mass is 9.95. The molecule has 0 bridgehead atoms. The maximum Gasteiger partial charge on any atom is 0.258 e. The standard InChI is InChI=1S/C23H22ClFN4O/c24-16-1-3-18-15(13-26-20(18)11-16)7-10-29-8-5-14(6-9-29)22-27-21-12-17(25)2-4-19(21)23(30)28-22/h1-4,11-14,26H,5-10H2,(H,27,28,30). The van der Waals surface area contributed by atoms with Crippen LogP contribution in [0.5, 0.6) is 0 Å². The van der Waals surface area contributed by atoms with Crippen LogP contribution in [0.25, 0.3) is 21.8 Å². The molecule has 3 heterocycles. The van der Waals surface area contributed by atoms with Crippen molar-refractivity contribution in [3.63, 3.8) is 0 Å². The Bertz CT molecular complexity index is 1270. The number of H-pyrrole nitrogens is 2. The summed E-state index contributed by atoms with van der Waals surface area (Å²) in [7, 11) is 0. The predicted molar refractivity (Wildman–Crippen MR) is 118 cm³/mol. The number of halogens is 2. The van der Waals surface area contributed by atoms with Crippen molar-refractivity contribution in [3.8, 4) is 0 Å². The number of benzene rings is 2. The molecule has 1 aliphatic heterocycles. The van der Waals surface area contributed by atoms with E-state index in [1.807, 2.05) is 12.1 Å². The highest BCUT2D eigenvalue weighted by atomic mass is 35.5. The number of aromatic nitrogens is 3. The van der Waals surface area contributed by atoms with Crippen molar-refractivity contribution < 1.29 is 4.39 Å². The number of rotatable bonds is 4. The van der Waals surface area contributed by atoms with Crippen LogP contribution in [0.2, 0.25) is 5.02 Å². The maximum absolute atomic E-state index is 13.5. The molecule has 0 atom stereocenters. The van der Waals surface area contributed by atoms with E-state index in [2.05, 4.69) is 32.1 Å². The summed E-state index contributed by atoms with van der Waals surface area (Å²) >= 11 is 6.07. The second-order valence-corrected chi connectivity index (χ2v) is 8.42. The molecule has 0 saturated carbocycles. The Morgan fingerprint density at radius 3 is 2.77 bits per heavy atom. The van der Waals surface area contributed by atoms with E-state index in [1.54, 1.807) is 0 Å². The van der Waals surface area contributed by atoms with Gasteiger partial charge in [-0.05, 0) is 62.2 Å². The zero-order valence-electron chi connectivity index (χ0n) is 16.4. The van der Waals surface area contributed by atoms with Gasteiger partial charge in [0.1, 0.15) is 11.6 Å².